The van der Waals surface area contributed by atoms with Gasteiger partial charge in [0.05, 0.1) is 18.4 Å². The first-order valence-corrected chi connectivity index (χ1v) is 7.33. The van der Waals surface area contributed by atoms with Gasteiger partial charge in [-0.3, -0.25) is 9.48 Å². The molecular formula is C16H21ClN4O. The molecule has 22 heavy (non-hydrogen) atoms. The van der Waals surface area contributed by atoms with Gasteiger partial charge in [-0.25, -0.2) is 0 Å². The topological polar surface area (TPSA) is 72.9 Å². The summed E-state index contributed by atoms with van der Waals surface area (Å²) in [5, 5.41) is 7.22. The number of nitrogens with two attached hydrogens (primary N) is 1. The third-order valence-corrected chi connectivity index (χ3v) is 3.93. The molecule has 5 nitrogen and oxygen atoms in total. The van der Waals surface area contributed by atoms with Crippen LogP contribution in [0.4, 0.5) is 5.69 Å². The molecule has 0 radical (unpaired) electrons. The van der Waals surface area contributed by atoms with Crippen molar-refractivity contribution >= 4 is 24.0 Å². The van der Waals surface area contributed by atoms with E-state index in [2.05, 4.69) is 22.5 Å². The van der Waals surface area contributed by atoms with Crippen molar-refractivity contribution in [2.24, 2.45) is 11.7 Å². The fourth-order valence-electron chi connectivity index (χ4n) is 2.78. The molecule has 2 atom stereocenters. The molecule has 0 aliphatic heterocycles. The summed E-state index contributed by atoms with van der Waals surface area (Å²) in [4.78, 5) is 12.1. The molecule has 118 valence electrons. The van der Waals surface area contributed by atoms with E-state index in [1.165, 1.54) is 5.56 Å². The number of halogens is 1. The van der Waals surface area contributed by atoms with Gasteiger partial charge in [0, 0.05) is 18.2 Å². The smallest absolute Gasteiger partial charge is 0.227 e. The molecule has 0 bridgehead atoms. The van der Waals surface area contributed by atoms with E-state index in [-0.39, 0.29) is 30.3 Å². The van der Waals surface area contributed by atoms with Crippen LogP contribution in [0.2, 0.25) is 0 Å². The summed E-state index contributed by atoms with van der Waals surface area (Å²) in [6.07, 6.45) is 6.15. The molecule has 2 aromatic rings. The molecule has 1 aromatic carbocycles. The normalized spacial score (nSPS) is 20.4. The zero-order valence-electron chi connectivity index (χ0n) is 12.3. The average molecular weight is 321 g/mol. The summed E-state index contributed by atoms with van der Waals surface area (Å²) < 4.78 is 1.82. The number of benzene rings is 1. The van der Waals surface area contributed by atoms with Gasteiger partial charge in [0.2, 0.25) is 5.91 Å². The lowest BCUT2D eigenvalue weighted by Crippen LogP contribution is -2.23. The maximum atomic E-state index is 12.1. The molecule has 1 aromatic heterocycles. The predicted octanol–water partition coefficient (Wildman–Crippen LogP) is 2.42. The van der Waals surface area contributed by atoms with E-state index in [0.29, 0.717) is 6.54 Å². The number of carbonyl (C=O) groups is 1. The van der Waals surface area contributed by atoms with Crippen LogP contribution in [0.3, 0.4) is 0 Å². The summed E-state index contributed by atoms with van der Waals surface area (Å²) in [6.45, 7) is 0.699. The predicted molar refractivity (Wildman–Crippen MR) is 89.0 cm³/mol. The second kappa shape index (κ2) is 7.42. The van der Waals surface area contributed by atoms with Crippen LogP contribution in [-0.2, 0) is 11.3 Å². The van der Waals surface area contributed by atoms with E-state index in [1.54, 1.807) is 6.20 Å². The Morgan fingerprint density at radius 2 is 2.09 bits per heavy atom. The van der Waals surface area contributed by atoms with Crippen LogP contribution in [0.25, 0.3) is 0 Å². The van der Waals surface area contributed by atoms with Crippen LogP contribution in [0.15, 0.2) is 42.7 Å². The quantitative estimate of drug-likeness (QED) is 0.908. The van der Waals surface area contributed by atoms with Crippen molar-refractivity contribution in [3.8, 4) is 0 Å². The molecule has 1 fully saturated rings. The summed E-state index contributed by atoms with van der Waals surface area (Å²) >= 11 is 0. The van der Waals surface area contributed by atoms with E-state index in [0.717, 1.165) is 24.9 Å². The third kappa shape index (κ3) is 4.08. The SMILES string of the molecule is Cl.NC1CCC(C(=O)Nc2cnn(Cc3ccccc3)c2)C1. The maximum Gasteiger partial charge on any atom is 0.227 e. The molecule has 0 saturated heterocycles. The largest absolute Gasteiger partial charge is 0.328 e. The van der Waals surface area contributed by atoms with Crippen LogP contribution in [0, 0.1) is 5.92 Å². The van der Waals surface area contributed by atoms with Gasteiger partial charge in [0.25, 0.3) is 0 Å². The number of hydrogen-bond acceptors (Lipinski definition) is 3. The number of carbonyl (C=O) groups excluding carboxylic acids is 1. The molecule has 6 heteroatoms. The molecule has 1 amide bonds. The molecule has 3 N–H and O–H groups in total. The van der Waals surface area contributed by atoms with Crippen LogP contribution >= 0.6 is 12.4 Å². The molecule has 3 rings (SSSR count). The van der Waals surface area contributed by atoms with E-state index in [1.807, 2.05) is 29.1 Å². The number of anilines is 1. The van der Waals surface area contributed by atoms with Crippen LogP contribution in [-0.4, -0.2) is 21.7 Å². The van der Waals surface area contributed by atoms with Crippen molar-refractivity contribution in [3.63, 3.8) is 0 Å². The summed E-state index contributed by atoms with van der Waals surface area (Å²) in [5.74, 6) is 0.0969. The highest BCUT2D eigenvalue weighted by Gasteiger charge is 2.27. The number of nitrogens with zero attached hydrogens (tertiary/aromatic N) is 2. The minimum atomic E-state index is 0. The zero-order chi connectivity index (χ0) is 14.7. The molecule has 1 heterocycles. The lowest BCUT2D eigenvalue weighted by atomic mass is 10.1. The maximum absolute atomic E-state index is 12.1. The highest BCUT2D eigenvalue weighted by molar-refractivity contribution is 5.92. The lowest BCUT2D eigenvalue weighted by Gasteiger charge is -2.08. The monoisotopic (exact) mass is 320 g/mol. The van der Waals surface area contributed by atoms with Crippen LogP contribution in [0.5, 0.6) is 0 Å². The molecule has 0 spiro atoms. The minimum absolute atomic E-state index is 0. The molecule has 1 aliphatic carbocycles. The van der Waals surface area contributed by atoms with Crippen molar-refractivity contribution in [1.29, 1.82) is 0 Å². The van der Waals surface area contributed by atoms with E-state index in [4.69, 9.17) is 5.73 Å². The van der Waals surface area contributed by atoms with Crippen molar-refractivity contribution in [2.45, 2.75) is 31.8 Å². The number of nitrogens with one attached hydrogen (secondary N) is 1. The number of amides is 1. The Morgan fingerprint density at radius 1 is 1.32 bits per heavy atom. The van der Waals surface area contributed by atoms with Gasteiger partial charge >= 0.3 is 0 Å². The Hall–Kier alpha value is -1.85. The molecule has 1 aliphatic rings. The van der Waals surface area contributed by atoms with E-state index >= 15 is 0 Å². The first kappa shape index (κ1) is 16.5. The highest BCUT2D eigenvalue weighted by Crippen LogP contribution is 2.25. The van der Waals surface area contributed by atoms with Gasteiger partial charge in [-0.15, -0.1) is 12.4 Å². The lowest BCUT2D eigenvalue weighted by molar-refractivity contribution is -0.119. The Bertz CT molecular complexity index is 614. The first-order chi connectivity index (χ1) is 10.2. The number of rotatable bonds is 4. The fourth-order valence-corrected chi connectivity index (χ4v) is 2.78. The standard InChI is InChI=1S/C16H20N4O.ClH/c17-14-7-6-13(8-14)16(21)19-15-9-18-20(11-15)10-12-4-2-1-3-5-12;/h1-5,9,11,13-14H,6-8,10,17H2,(H,19,21);1H. The van der Waals surface area contributed by atoms with Gasteiger partial charge < -0.3 is 11.1 Å². The van der Waals surface area contributed by atoms with Gasteiger partial charge in [0.15, 0.2) is 0 Å². The summed E-state index contributed by atoms with van der Waals surface area (Å²) in [6, 6.07) is 10.3. The highest BCUT2D eigenvalue weighted by atomic mass is 35.5. The van der Waals surface area contributed by atoms with E-state index in [9.17, 15) is 4.79 Å². The number of hydrogen-bond donors (Lipinski definition) is 2. The van der Waals surface area contributed by atoms with Crippen molar-refractivity contribution < 1.29 is 4.79 Å². The molecular weight excluding hydrogens is 300 g/mol. The summed E-state index contributed by atoms with van der Waals surface area (Å²) in [5.41, 5.74) is 7.78. The third-order valence-electron chi connectivity index (χ3n) is 3.93. The second-order valence-electron chi connectivity index (χ2n) is 5.67. The Kier molecular flexibility index (Phi) is 5.57. The van der Waals surface area contributed by atoms with Gasteiger partial charge in [-0.2, -0.15) is 5.10 Å². The fraction of sp³-hybridized carbons (Fsp3) is 0.375. The van der Waals surface area contributed by atoms with Crippen molar-refractivity contribution in [1.82, 2.24) is 9.78 Å². The Balaban J connectivity index is 0.00000176. The first-order valence-electron chi connectivity index (χ1n) is 7.33. The second-order valence-corrected chi connectivity index (χ2v) is 5.67. The van der Waals surface area contributed by atoms with Gasteiger partial charge in [-0.1, -0.05) is 30.3 Å². The van der Waals surface area contributed by atoms with Gasteiger partial charge in [0.1, 0.15) is 0 Å². The van der Waals surface area contributed by atoms with E-state index < -0.39 is 0 Å². The van der Waals surface area contributed by atoms with Crippen LogP contribution < -0.4 is 11.1 Å². The molecule has 1 saturated carbocycles. The van der Waals surface area contributed by atoms with Gasteiger partial charge in [-0.05, 0) is 24.8 Å². The summed E-state index contributed by atoms with van der Waals surface area (Å²) in [7, 11) is 0. The van der Waals surface area contributed by atoms with Crippen molar-refractivity contribution in [2.75, 3.05) is 5.32 Å². The average Bonchev–Trinajstić information content (AvgIpc) is 3.09. The van der Waals surface area contributed by atoms with Crippen molar-refractivity contribution in [3.05, 3.63) is 48.3 Å². The molecule has 2 unspecified atom stereocenters. The Labute approximate surface area is 136 Å². The zero-order valence-corrected chi connectivity index (χ0v) is 13.1. The Morgan fingerprint density at radius 3 is 2.77 bits per heavy atom. The van der Waals surface area contributed by atoms with Crippen LogP contribution in [0.1, 0.15) is 24.8 Å². The minimum Gasteiger partial charge on any atom is -0.328 e. The number of aromatic nitrogens is 2.